The highest BCUT2D eigenvalue weighted by Crippen LogP contribution is 2.23. The molecule has 2 aromatic carbocycles. The Morgan fingerprint density at radius 3 is 2.66 bits per heavy atom. The molecule has 2 aromatic rings. The lowest BCUT2D eigenvalue weighted by Gasteiger charge is -2.35. The van der Waals surface area contributed by atoms with E-state index in [4.69, 9.17) is 11.6 Å². The Morgan fingerprint density at radius 2 is 1.90 bits per heavy atom. The van der Waals surface area contributed by atoms with Crippen molar-refractivity contribution in [3.63, 3.8) is 0 Å². The van der Waals surface area contributed by atoms with Gasteiger partial charge in [-0.1, -0.05) is 36.2 Å². The van der Waals surface area contributed by atoms with Crippen molar-refractivity contribution in [1.29, 1.82) is 0 Å². The lowest BCUT2D eigenvalue weighted by atomic mass is 10.0. The molecule has 1 fully saturated rings. The summed E-state index contributed by atoms with van der Waals surface area (Å²) in [5, 5.41) is 8.55. The normalized spacial score (nSPS) is 16.8. The summed E-state index contributed by atoms with van der Waals surface area (Å²) >= 11 is 5.97. The molecular formula is C21H24ClFN4O2. The summed E-state index contributed by atoms with van der Waals surface area (Å²) in [6.07, 6.45) is 2.95. The Hall–Kier alpha value is -2.64. The van der Waals surface area contributed by atoms with Crippen LogP contribution in [0, 0.1) is 5.82 Å². The molecule has 1 aliphatic rings. The summed E-state index contributed by atoms with van der Waals surface area (Å²) in [6.45, 7) is 1.40. The predicted octanol–water partition coefficient (Wildman–Crippen LogP) is 4.09. The molecule has 3 N–H and O–H groups in total. The lowest BCUT2D eigenvalue weighted by molar-refractivity contribution is -0.118. The van der Waals surface area contributed by atoms with Crippen LogP contribution >= 0.6 is 11.6 Å². The van der Waals surface area contributed by atoms with E-state index < -0.39 is 5.82 Å². The quantitative estimate of drug-likeness (QED) is 0.661. The maximum Gasteiger partial charge on any atom is 0.319 e. The van der Waals surface area contributed by atoms with E-state index in [-0.39, 0.29) is 29.5 Å². The number of para-hydroxylation sites is 1. The summed E-state index contributed by atoms with van der Waals surface area (Å²) in [5.41, 5.74) is 1.10. The van der Waals surface area contributed by atoms with Gasteiger partial charge in [0.05, 0.1) is 17.3 Å². The molecule has 1 atom stereocenters. The molecule has 0 aromatic heterocycles. The van der Waals surface area contributed by atoms with Gasteiger partial charge in [-0.2, -0.15) is 0 Å². The van der Waals surface area contributed by atoms with E-state index in [2.05, 4.69) is 20.9 Å². The zero-order valence-electron chi connectivity index (χ0n) is 16.0. The third-order valence-electron chi connectivity index (χ3n) is 4.83. The highest BCUT2D eigenvalue weighted by atomic mass is 35.5. The fourth-order valence-electron chi connectivity index (χ4n) is 3.37. The van der Waals surface area contributed by atoms with E-state index in [1.54, 1.807) is 0 Å². The number of anilines is 2. The third-order valence-corrected chi connectivity index (χ3v) is 5.14. The van der Waals surface area contributed by atoms with Crippen molar-refractivity contribution in [2.75, 3.05) is 30.3 Å². The minimum atomic E-state index is -0.455. The first-order valence-corrected chi connectivity index (χ1v) is 9.98. The fourth-order valence-corrected chi connectivity index (χ4v) is 3.59. The first kappa shape index (κ1) is 21.1. The Kier molecular flexibility index (Phi) is 7.43. The number of piperidine rings is 1. The van der Waals surface area contributed by atoms with Crippen LogP contribution in [0.2, 0.25) is 5.02 Å². The van der Waals surface area contributed by atoms with Crippen LogP contribution in [0.1, 0.15) is 19.3 Å². The summed E-state index contributed by atoms with van der Waals surface area (Å²) in [5.74, 6) is -0.678. The third kappa shape index (κ3) is 6.44. The molecule has 154 valence electrons. The molecule has 0 bridgehead atoms. The highest BCUT2D eigenvalue weighted by Gasteiger charge is 2.25. The summed E-state index contributed by atoms with van der Waals surface area (Å²) < 4.78 is 13.2. The van der Waals surface area contributed by atoms with Crippen LogP contribution in [0.5, 0.6) is 0 Å². The number of amides is 3. The number of benzene rings is 2. The zero-order valence-corrected chi connectivity index (χ0v) is 16.7. The van der Waals surface area contributed by atoms with Gasteiger partial charge in [-0.15, -0.1) is 0 Å². The molecule has 0 spiro atoms. The van der Waals surface area contributed by atoms with Gasteiger partial charge in [-0.05, 0) is 49.7 Å². The number of carbonyl (C=O) groups is 2. The number of rotatable bonds is 6. The number of likely N-dealkylation sites (tertiary alicyclic amines) is 1. The van der Waals surface area contributed by atoms with Gasteiger partial charge in [0.15, 0.2) is 0 Å². The smallest absolute Gasteiger partial charge is 0.319 e. The first-order chi connectivity index (χ1) is 14.0. The Balaban J connectivity index is 1.51. The monoisotopic (exact) mass is 418 g/mol. The number of nitrogens with one attached hydrogen (secondary N) is 3. The summed E-state index contributed by atoms with van der Waals surface area (Å²) in [4.78, 5) is 26.6. The van der Waals surface area contributed by atoms with Gasteiger partial charge in [0, 0.05) is 18.3 Å². The SMILES string of the molecule is O=C(CN1CCCCC1CNC(=O)Nc1ccccc1)Nc1ccc(F)cc1Cl. The number of nitrogens with zero attached hydrogens (tertiary/aromatic N) is 1. The van der Waals surface area contributed by atoms with E-state index in [1.807, 2.05) is 30.3 Å². The van der Waals surface area contributed by atoms with Crippen molar-refractivity contribution in [2.45, 2.75) is 25.3 Å². The van der Waals surface area contributed by atoms with Crippen LogP contribution in [0.25, 0.3) is 0 Å². The lowest BCUT2D eigenvalue weighted by Crippen LogP contribution is -2.49. The van der Waals surface area contributed by atoms with Crippen molar-refractivity contribution in [1.82, 2.24) is 10.2 Å². The van der Waals surface area contributed by atoms with Crippen LogP contribution in [0.4, 0.5) is 20.6 Å². The van der Waals surface area contributed by atoms with Crippen LogP contribution in [-0.4, -0.2) is 42.5 Å². The number of urea groups is 1. The average molecular weight is 419 g/mol. The van der Waals surface area contributed by atoms with Crippen LogP contribution in [0.3, 0.4) is 0 Å². The standard InChI is InChI=1S/C21H24ClFN4O2/c22-18-12-15(23)9-10-19(18)26-20(28)14-27-11-5-4-8-17(27)13-24-21(29)25-16-6-2-1-3-7-16/h1-3,6-7,9-10,12,17H,4-5,8,11,13-14H2,(H,26,28)(H2,24,25,29). The minimum absolute atomic E-state index is 0.0692. The zero-order chi connectivity index (χ0) is 20.6. The van der Waals surface area contributed by atoms with Crippen molar-refractivity contribution in [3.8, 4) is 0 Å². The molecule has 29 heavy (non-hydrogen) atoms. The van der Waals surface area contributed by atoms with Gasteiger partial charge in [-0.25, -0.2) is 9.18 Å². The maximum atomic E-state index is 13.2. The number of hydrogen-bond acceptors (Lipinski definition) is 3. The topological polar surface area (TPSA) is 73.5 Å². The molecule has 8 heteroatoms. The molecule has 3 amide bonds. The number of halogens is 2. The molecule has 0 aliphatic carbocycles. The van der Waals surface area contributed by atoms with Gasteiger partial charge >= 0.3 is 6.03 Å². The molecule has 1 aliphatic heterocycles. The summed E-state index contributed by atoms with van der Waals surface area (Å²) in [7, 11) is 0. The molecular weight excluding hydrogens is 395 g/mol. The molecule has 1 heterocycles. The van der Waals surface area contributed by atoms with Crippen LogP contribution in [-0.2, 0) is 4.79 Å². The molecule has 1 saturated heterocycles. The molecule has 6 nitrogen and oxygen atoms in total. The molecule has 3 rings (SSSR count). The second-order valence-corrected chi connectivity index (χ2v) is 7.40. The molecule has 1 unspecified atom stereocenters. The van der Waals surface area contributed by atoms with Crippen molar-refractivity contribution >= 4 is 34.9 Å². The highest BCUT2D eigenvalue weighted by molar-refractivity contribution is 6.33. The van der Waals surface area contributed by atoms with E-state index in [1.165, 1.54) is 12.1 Å². The van der Waals surface area contributed by atoms with Gasteiger partial charge in [0.1, 0.15) is 5.82 Å². The predicted molar refractivity (Wildman–Crippen MR) is 113 cm³/mol. The second kappa shape index (κ2) is 10.2. The van der Waals surface area contributed by atoms with Crippen LogP contribution in [0.15, 0.2) is 48.5 Å². The van der Waals surface area contributed by atoms with Crippen molar-refractivity contribution < 1.29 is 14.0 Å². The maximum absolute atomic E-state index is 13.2. The molecule has 0 saturated carbocycles. The second-order valence-electron chi connectivity index (χ2n) is 6.99. The largest absolute Gasteiger partial charge is 0.336 e. The molecule has 0 radical (unpaired) electrons. The van der Waals surface area contributed by atoms with E-state index in [0.29, 0.717) is 12.2 Å². The Bertz CT molecular complexity index is 850. The number of hydrogen-bond donors (Lipinski definition) is 3. The van der Waals surface area contributed by atoms with Crippen molar-refractivity contribution in [3.05, 3.63) is 59.4 Å². The van der Waals surface area contributed by atoms with Gasteiger partial charge in [-0.3, -0.25) is 9.69 Å². The Morgan fingerprint density at radius 1 is 1.10 bits per heavy atom. The minimum Gasteiger partial charge on any atom is -0.336 e. The first-order valence-electron chi connectivity index (χ1n) is 9.60. The average Bonchev–Trinajstić information content (AvgIpc) is 2.70. The van der Waals surface area contributed by atoms with Crippen molar-refractivity contribution in [2.24, 2.45) is 0 Å². The van der Waals surface area contributed by atoms with Gasteiger partial charge in [0.2, 0.25) is 5.91 Å². The van der Waals surface area contributed by atoms with Gasteiger partial charge in [0.25, 0.3) is 0 Å². The van der Waals surface area contributed by atoms with Crippen LogP contribution < -0.4 is 16.0 Å². The Labute approximate surface area is 174 Å². The van der Waals surface area contributed by atoms with E-state index >= 15 is 0 Å². The fraction of sp³-hybridized carbons (Fsp3) is 0.333. The van der Waals surface area contributed by atoms with E-state index in [9.17, 15) is 14.0 Å². The van der Waals surface area contributed by atoms with E-state index in [0.717, 1.165) is 37.6 Å². The van der Waals surface area contributed by atoms with Gasteiger partial charge < -0.3 is 16.0 Å². The summed E-state index contributed by atoms with van der Waals surface area (Å²) in [6, 6.07) is 12.9. The number of carbonyl (C=O) groups excluding carboxylic acids is 2.